The summed E-state index contributed by atoms with van der Waals surface area (Å²) in [5, 5.41) is 2.87. The van der Waals surface area contributed by atoms with Gasteiger partial charge in [0.05, 0.1) is 22.5 Å². The topological polar surface area (TPSA) is 82.9 Å². The molecule has 1 N–H and O–H groups in total. The molecule has 30 heavy (non-hydrogen) atoms. The normalized spacial score (nSPS) is 15.1. The number of piperidine rings is 1. The second-order valence-corrected chi connectivity index (χ2v) is 9.09. The van der Waals surface area contributed by atoms with Crippen LogP contribution in [0.2, 0.25) is 0 Å². The van der Waals surface area contributed by atoms with E-state index < -0.39 is 10.0 Å². The molecular weight excluding hydrogens is 402 g/mol. The molecule has 1 aliphatic heterocycles. The molecule has 1 amide bonds. The fourth-order valence-electron chi connectivity index (χ4n) is 3.62. The standard InChI is InChI=1S/C22H29N3O4S/c1-3-25(4-2)30(27,28)19-11-12-21(24-14-6-5-7-15-24)20(17-19)23-22(26)13-10-18-9-8-16-29-18/h8-13,16-17H,3-7,14-15H2,1-2H3,(H,23,26). The van der Waals surface area contributed by atoms with Crippen LogP contribution in [0.15, 0.2) is 52.0 Å². The first-order valence-corrected chi connectivity index (χ1v) is 11.8. The van der Waals surface area contributed by atoms with Crippen LogP contribution >= 0.6 is 0 Å². The third-order valence-corrected chi connectivity index (χ3v) is 7.25. The zero-order valence-electron chi connectivity index (χ0n) is 17.5. The van der Waals surface area contributed by atoms with Crippen molar-refractivity contribution in [1.29, 1.82) is 0 Å². The minimum atomic E-state index is -3.62. The lowest BCUT2D eigenvalue weighted by Crippen LogP contribution is -2.32. The predicted molar refractivity (Wildman–Crippen MR) is 119 cm³/mol. The van der Waals surface area contributed by atoms with Crippen molar-refractivity contribution in [2.45, 2.75) is 38.0 Å². The van der Waals surface area contributed by atoms with Gasteiger partial charge in [-0.2, -0.15) is 4.31 Å². The van der Waals surface area contributed by atoms with Crippen molar-refractivity contribution in [2.75, 3.05) is 36.4 Å². The summed E-state index contributed by atoms with van der Waals surface area (Å²) in [6, 6.07) is 8.49. The van der Waals surface area contributed by atoms with Gasteiger partial charge in [0.15, 0.2) is 0 Å². The molecule has 2 aromatic rings. The number of rotatable bonds is 8. The monoisotopic (exact) mass is 431 g/mol. The first-order valence-electron chi connectivity index (χ1n) is 10.4. The number of nitrogens with zero attached hydrogens (tertiary/aromatic N) is 2. The van der Waals surface area contributed by atoms with E-state index in [2.05, 4.69) is 10.2 Å². The molecule has 3 rings (SSSR count). The summed E-state index contributed by atoms with van der Waals surface area (Å²) in [7, 11) is -3.62. The van der Waals surface area contributed by atoms with Crippen LogP contribution in [0.1, 0.15) is 38.9 Å². The third kappa shape index (κ3) is 5.12. The maximum Gasteiger partial charge on any atom is 0.248 e. The van der Waals surface area contributed by atoms with Crippen LogP contribution in [0, 0.1) is 0 Å². The van der Waals surface area contributed by atoms with Gasteiger partial charge in [-0.1, -0.05) is 13.8 Å². The first-order chi connectivity index (χ1) is 14.5. The summed E-state index contributed by atoms with van der Waals surface area (Å²) in [5.41, 5.74) is 1.34. The number of nitrogens with one attached hydrogen (secondary N) is 1. The first kappa shape index (κ1) is 22.1. The van der Waals surface area contributed by atoms with Gasteiger partial charge in [0.25, 0.3) is 0 Å². The molecule has 2 heterocycles. The highest BCUT2D eigenvalue weighted by molar-refractivity contribution is 7.89. The largest absolute Gasteiger partial charge is 0.465 e. The Hall–Kier alpha value is -2.58. The molecule has 1 aliphatic rings. The second kappa shape index (κ2) is 9.95. The van der Waals surface area contributed by atoms with Gasteiger partial charge in [0, 0.05) is 32.3 Å². The third-order valence-electron chi connectivity index (χ3n) is 5.21. The number of carbonyl (C=O) groups excluding carboxylic acids is 1. The number of hydrogen-bond donors (Lipinski definition) is 1. The Balaban J connectivity index is 1.92. The van der Waals surface area contributed by atoms with E-state index in [1.165, 1.54) is 23.1 Å². The zero-order valence-corrected chi connectivity index (χ0v) is 18.3. The summed E-state index contributed by atoms with van der Waals surface area (Å²) in [5.74, 6) is 0.223. The number of benzene rings is 1. The molecule has 0 aliphatic carbocycles. The van der Waals surface area contributed by atoms with Crippen molar-refractivity contribution in [1.82, 2.24) is 4.31 Å². The lowest BCUT2D eigenvalue weighted by molar-refractivity contribution is -0.111. The van der Waals surface area contributed by atoms with E-state index in [1.54, 1.807) is 36.4 Å². The Labute approximate surface area is 178 Å². The van der Waals surface area contributed by atoms with Gasteiger partial charge in [0.2, 0.25) is 15.9 Å². The number of furan rings is 1. The number of anilines is 2. The molecule has 1 fully saturated rings. The molecule has 7 nitrogen and oxygen atoms in total. The molecule has 0 atom stereocenters. The fraction of sp³-hybridized carbons (Fsp3) is 0.409. The van der Waals surface area contributed by atoms with Gasteiger partial charge in [-0.3, -0.25) is 4.79 Å². The van der Waals surface area contributed by atoms with Crippen molar-refractivity contribution in [3.05, 3.63) is 48.4 Å². The van der Waals surface area contributed by atoms with Gasteiger partial charge in [-0.05, 0) is 55.7 Å². The van der Waals surface area contributed by atoms with Crippen LogP contribution in [0.25, 0.3) is 6.08 Å². The maximum atomic E-state index is 13.0. The summed E-state index contributed by atoms with van der Waals surface area (Å²) in [6.07, 6.45) is 7.82. The van der Waals surface area contributed by atoms with E-state index >= 15 is 0 Å². The van der Waals surface area contributed by atoms with Crippen LogP contribution in [-0.4, -0.2) is 44.8 Å². The lowest BCUT2D eigenvalue weighted by atomic mass is 10.1. The summed E-state index contributed by atoms with van der Waals surface area (Å²) in [4.78, 5) is 14.9. The quantitative estimate of drug-likeness (QED) is 0.640. The molecule has 0 radical (unpaired) electrons. The molecular formula is C22H29N3O4S. The highest BCUT2D eigenvalue weighted by Crippen LogP contribution is 2.32. The Bertz CT molecular complexity index is 974. The zero-order chi connectivity index (χ0) is 21.6. The van der Waals surface area contributed by atoms with Crippen molar-refractivity contribution in [2.24, 2.45) is 0 Å². The van der Waals surface area contributed by atoms with E-state index in [4.69, 9.17) is 4.42 Å². The van der Waals surface area contributed by atoms with Crippen LogP contribution in [0.3, 0.4) is 0 Å². The van der Waals surface area contributed by atoms with Gasteiger partial charge in [-0.25, -0.2) is 8.42 Å². The highest BCUT2D eigenvalue weighted by Gasteiger charge is 2.24. The molecule has 0 spiro atoms. The molecule has 8 heteroatoms. The van der Waals surface area contributed by atoms with Crippen LogP contribution < -0.4 is 10.2 Å². The summed E-state index contributed by atoms with van der Waals surface area (Å²) >= 11 is 0. The Morgan fingerprint density at radius 2 is 1.90 bits per heavy atom. The average molecular weight is 432 g/mol. The SMILES string of the molecule is CCN(CC)S(=O)(=O)c1ccc(N2CCCCC2)c(NC(=O)C=Cc2ccco2)c1. The smallest absolute Gasteiger partial charge is 0.248 e. The minimum Gasteiger partial charge on any atom is -0.465 e. The van der Waals surface area contributed by atoms with Crippen LogP contribution in [-0.2, 0) is 14.8 Å². The Morgan fingerprint density at radius 1 is 1.17 bits per heavy atom. The number of carbonyl (C=O) groups is 1. The van der Waals surface area contributed by atoms with E-state index in [1.807, 2.05) is 13.8 Å². The number of sulfonamides is 1. The van der Waals surface area contributed by atoms with E-state index in [9.17, 15) is 13.2 Å². The van der Waals surface area contributed by atoms with Crippen molar-refractivity contribution < 1.29 is 17.6 Å². The highest BCUT2D eigenvalue weighted by atomic mass is 32.2. The van der Waals surface area contributed by atoms with E-state index in [0.717, 1.165) is 31.6 Å². The molecule has 0 unspecified atom stereocenters. The number of amides is 1. The van der Waals surface area contributed by atoms with Crippen molar-refractivity contribution in [3.63, 3.8) is 0 Å². The average Bonchev–Trinajstić information content (AvgIpc) is 3.27. The maximum absolute atomic E-state index is 13.0. The van der Waals surface area contributed by atoms with Crippen molar-refractivity contribution in [3.8, 4) is 0 Å². The van der Waals surface area contributed by atoms with Gasteiger partial charge in [0.1, 0.15) is 5.76 Å². The molecule has 1 aromatic carbocycles. The van der Waals surface area contributed by atoms with Gasteiger partial charge >= 0.3 is 0 Å². The van der Waals surface area contributed by atoms with Crippen LogP contribution in [0.5, 0.6) is 0 Å². The molecule has 0 bridgehead atoms. The predicted octanol–water partition coefficient (Wildman–Crippen LogP) is 3.95. The summed E-state index contributed by atoms with van der Waals surface area (Å²) < 4.78 is 32.6. The summed E-state index contributed by atoms with van der Waals surface area (Å²) in [6.45, 7) is 6.16. The van der Waals surface area contributed by atoms with Gasteiger partial charge < -0.3 is 14.6 Å². The minimum absolute atomic E-state index is 0.178. The van der Waals surface area contributed by atoms with Crippen LogP contribution in [0.4, 0.5) is 11.4 Å². The fourth-order valence-corrected chi connectivity index (χ4v) is 5.10. The number of hydrogen-bond acceptors (Lipinski definition) is 5. The second-order valence-electron chi connectivity index (χ2n) is 7.15. The molecule has 162 valence electrons. The molecule has 1 saturated heterocycles. The molecule has 1 aromatic heterocycles. The lowest BCUT2D eigenvalue weighted by Gasteiger charge is -2.31. The molecule has 0 saturated carbocycles. The van der Waals surface area contributed by atoms with Crippen molar-refractivity contribution >= 4 is 33.4 Å². The Morgan fingerprint density at radius 3 is 2.53 bits per heavy atom. The Kier molecular flexibility index (Phi) is 7.33. The van der Waals surface area contributed by atoms with E-state index in [-0.39, 0.29) is 10.8 Å². The van der Waals surface area contributed by atoms with E-state index in [0.29, 0.717) is 24.5 Å². The van der Waals surface area contributed by atoms with Gasteiger partial charge in [-0.15, -0.1) is 0 Å².